The van der Waals surface area contributed by atoms with Crippen LogP contribution in [0.3, 0.4) is 0 Å². The molecule has 2 amide bonds. The molecule has 29 heavy (non-hydrogen) atoms. The van der Waals surface area contributed by atoms with Gasteiger partial charge in [0.05, 0.1) is 11.4 Å². The molecule has 1 atom stereocenters. The standard InChI is InChI=1S/C23H28N4O2/c1-2-11-27-16-18(14-22(27)28)23(29)25-15-17-8-12-26(13-9-17)21-7-10-24-20-6-4-3-5-19(20)21/h2-7,10,17-18H,1,8-9,11-16H2,(H,25,29). The van der Waals surface area contributed by atoms with Crippen LogP contribution in [0.2, 0.25) is 0 Å². The summed E-state index contributed by atoms with van der Waals surface area (Å²) in [6.45, 7) is 7.33. The van der Waals surface area contributed by atoms with E-state index in [2.05, 4.69) is 40.0 Å². The van der Waals surface area contributed by atoms with Crippen LogP contribution in [-0.2, 0) is 9.59 Å². The summed E-state index contributed by atoms with van der Waals surface area (Å²) >= 11 is 0. The fourth-order valence-corrected chi connectivity index (χ4v) is 4.40. The van der Waals surface area contributed by atoms with Crippen molar-refractivity contribution in [3.05, 3.63) is 49.2 Å². The lowest BCUT2D eigenvalue weighted by Gasteiger charge is -2.34. The molecule has 6 heteroatoms. The Hall–Kier alpha value is -2.89. The fourth-order valence-electron chi connectivity index (χ4n) is 4.40. The van der Waals surface area contributed by atoms with Crippen molar-refractivity contribution in [2.24, 2.45) is 11.8 Å². The monoisotopic (exact) mass is 392 g/mol. The van der Waals surface area contributed by atoms with Crippen LogP contribution in [0.25, 0.3) is 10.9 Å². The van der Waals surface area contributed by atoms with E-state index in [4.69, 9.17) is 0 Å². The van der Waals surface area contributed by atoms with E-state index >= 15 is 0 Å². The number of piperidine rings is 1. The summed E-state index contributed by atoms with van der Waals surface area (Å²) in [6.07, 6.45) is 5.99. The SMILES string of the molecule is C=CCN1CC(C(=O)NCC2CCN(c3ccnc4ccccc34)CC2)CC1=O. The van der Waals surface area contributed by atoms with Crippen LogP contribution in [0.1, 0.15) is 19.3 Å². The average molecular weight is 393 g/mol. The number of benzene rings is 1. The number of hydrogen-bond donors (Lipinski definition) is 1. The molecule has 4 rings (SSSR count). The summed E-state index contributed by atoms with van der Waals surface area (Å²) in [5, 5.41) is 4.28. The maximum Gasteiger partial charge on any atom is 0.225 e. The first kappa shape index (κ1) is 19.4. The van der Waals surface area contributed by atoms with Crippen LogP contribution in [-0.4, -0.2) is 54.4 Å². The second-order valence-corrected chi connectivity index (χ2v) is 8.01. The van der Waals surface area contributed by atoms with E-state index in [1.54, 1.807) is 11.0 Å². The van der Waals surface area contributed by atoms with Crippen LogP contribution < -0.4 is 10.2 Å². The first-order valence-corrected chi connectivity index (χ1v) is 10.4. The van der Waals surface area contributed by atoms with Crippen LogP contribution in [0.4, 0.5) is 5.69 Å². The van der Waals surface area contributed by atoms with Crippen LogP contribution >= 0.6 is 0 Å². The highest BCUT2D eigenvalue weighted by Crippen LogP contribution is 2.29. The van der Waals surface area contributed by atoms with E-state index in [0.29, 0.717) is 32.0 Å². The predicted molar refractivity (Wildman–Crippen MR) is 115 cm³/mol. The molecule has 2 aliphatic heterocycles. The van der Waals surface area contributed by atoms with Crippen molar-refractivity contribution in [3.8, 4) is 0 Å². The first-order chi connectivity index (χ1) is 14.2. The molecule has 3 heterocycles. The summed E-state index contributed by atoms with van der Waals surface area (Å²) in [7, 11) is 0. The lowest BCUT2D eigenvalue weighted by molar-refractivity contribution is -0.128. The van der Waals surface area contributed by atoms with Gasteiger partial charge in [-0.15, -0.1) is 6.58 Å². The third kappa shape index (κ3) is 4.26. The van der Waals surface area contributed by atoms with E-state index in [9.17, 15) is 9.59 Å². The second-order valence-electron chi connectivity index (χ2n) is 8.01. The van der Waals surface area contributed by atoms with Gasteiger partial charge in [0.25, 0.3) is 0 Å². The zero-order valence-electron chi connectivity index (χ0n) is 16.7. The summed E-state index contributed by atoms with van der Waals surface area (Å²) in [6, 6.07) is 10.3. The number of fused-ring (bicyclic) bond motifs is 1. The van der Waals surface area contributed by atoms with Gasteiger partial charge in [-0.2, -0.15) is 0 Å². The highest BCUT2D eigenvalue weighted by Gasteiger charge is 2.33. The van der Waals surface area contributed by atoms with Crippen molar-refractivity contribution in [3.63, 3.8) is 0 Å². The second kappa shape index (κ2) is 8.64. The van der Waals surface area contributed by atoms with Gasteiger partial charge in [-0.3, -0.25) is 14.6 Å². The minimum Gasteiger partial charge on any atom is -0.371 e. The van der Waals surface area contributed by atoms with Gasteiger partial charge < -0.3 is 15.1 Å². The quantitative estimate of drug-likeness (QED) is 0.768. The molecule has 1 unspecified atom stereocenters. The molecule has 0 bridgehead atoms. The minimum atomic E-state index is -0.231. The molecule has 0 saturated carbocycles. The number of amides is 2. The number of hydrogen-bond acceptors (Lipinski definition) is 4. The molecule has 152 valence electrons. The lowest BCUT2D eigenvalue weighted by Crippen LogP contribution is -2.40. The number of pyridine rings is 1. The number of likely N-dealkylation sites (tertiary alicyclic amines) is 1. The van der Waals surface area contributed by atoms with Gasteiger partial charge in [0.2, 0.25) is 11.8 Å². The Morgan fingerprint density at radius 2 is 2.03 bits per heavy atom. The number of aromatic nitrogens is 1. The zero-order valence-corrected chi connectivity index (χ0v) is 16.7. The van der Waals surface area contributed by atoms with Crippen molar-refractivity contribution in [1.82, 2.24) is 15.2 Å². The topological polar surface area (TPSA) is 65.5 Å². The van der Waals surface area contributed by atoms with Crippen molar-refractivity contribution >= 4 is 28.4 Å². The molecule has 6 nitrogen and oxygen atoms in total. The molecule has 0 radical (unpaired) electrons. The molecule has 2 aromatic rings. The lowest BCUT2D eigenvalue weighted by atomic mass is 9.95. The maximum atomic E-state index is 12.5. The van der Waals surface area contributed by atoms with Crippen LogP contribution in [0.5, 0.6) is 0 Å². The molecule has 0 aliphatic carbocycles. The van der Waals surface area contributed by atoms with Crippen molar-refractivity contribution in [1.29, 1.82) is 0 Å². The highest BCUT2D eigenvalue weighted by molar-refractivity contribution is 5.91. The van der Waals surface area contributed by atoms with Gasteiger partial charge in [0.1, 0.15) is 0 Å². The zero-order chi connectivity index (χ0) is 20.2. The number of rotatable bonds is 6. The van der Waals surface area contributed by atoms with Crippen LogP contribution in [0, 0.1) is 11.8 Å². The van der Waals surface area contributed by atoms with E-state index in [1.165, 1.54) is 11.1 Å². The van der Waals surface area contributed by atoms with Crippen molar-refractivity contribution in [2.75, 3.05) is 37.6 Å². The van der Waals surface area contributed by atoms with Gasteiger partial charge in [-0.05, 0) is 30.9 Å². The molecular weight excluding hydrogens is 364 g/mol. The van der Waals surface area contributed by atoms with Gasteiger partial charge >= 0.3 is 0 Å². The smallest absolute Gasteiger partial charge is 0.225 e. The maximum absolute atomic E-state index is 12.5. The largest absolute Gasteiger partial charge is 0.371 e. The summed E-state index contributed by atoms with van der Waals surface area (Å²) in [5.74, 6) is 0.297. The Morgan fingerprint density at radius 1 is 1.24 bits per heavy atom. The van der Waals surface area contributed by atoms with Crippen LogP contribution in [0.15, 0.2) is 49.2 Å². The summed E-state index contributed by atoms with van der Waals surface area (Å²) in [4.78, 5) is 33.0. The van der Waals surface area contributed by atoms with Crippen molar-refractivity contribution < 1.29 is 9.59 Å². The van der Waals surface area contributed by atoms with Gasteiger partial charge in [0, 0.05) is 56.4 Å². The molecule has 2 fully saturated rings. The predicted octanol–water partition coefficient (Wildman–Crippen LogP) is 2.60. The van der Waals surface area contributed by atoms with E-state index in [0.717, 1.165) is 31.4 Å². The Bertz CT molecular complexity index is 899. The molecule has 0 spiro atoms. The molecular formula is C23H28N4O2. The number of anilines is 1. The normalized spacial score (nSPS) is 20.3. The number of nitrogens with one attached hydrogen (secondary N) is 1. The molecule has 2 saturated heterocycles. The van der Waals surface area contributed by atoms with E-state index in [-0.39, 0.29) is 17.7 Å². The Labute approximate surface area is 171 Å². The first-order valence-electron chi connectivity index (χ1n) is 10.4. The minimum absolute atomic E-state index is 0.00692. The van der Waals surface area contributed by atoms with Gasteiger partial charge in [-0.25, -0.2) is 0 Å². The summed E-state index contributed by atoms with van der Waals surface area (Å²) in [5.41, 5.74) is 2.26. The summed E-state index contributed by atoms with van der Waals surface area (Å²) < 4.78 is 0. The molecule has 1 aromatic heterocycles. The van der Waals surface area contributed by atoms with E-state index in [1.807, 2.05) is 18.3 Å². The Balaban J connectivity index is 1.28. The molecule has 2 aliphatic rings. The number of carbonyl (C=O) groups excluding carboxylic acids is 2. The van der Waals surface area contributed by atoms with Crippen molar-refractivity contribution in [2.45, 2.75) is 19.3 Å². The Morgan fingerprint density at radius 3 is 2.83 bits per heavy atom. The Kier molecular flexibility index (Phi) is 5.79. The number of nitrogens with zero attached hydrogens (tertiary/aromatic N) is 3. The van der Waals surface area contributed by atoms with Gasteiger partial charge in [0.15, 0.2) is 0 Å². The third-order valence-corrected chi connectivity index (χ3v) is 6.08. The number of carbonyl (C=O) groups is 2. The highest BCUT2D eigenvalue weighted by atomic mass is 16.2. The molecule has 1 aromatic carbocycles. The van der Waals surface area contributed by atoms with E-state index < -0.39 is 0 Å². The average Bonchev–Trinajstić information content (AvgIpc) is 3.13. The van der Waals surface area contributed by atoms with Gasteiger partial charge in [-0.1, -0.05) is 24.3 Å². The number of para-hydroxylation sites is 1. The fraction of sp³-hybridized carbons (Fsp3) is 0.435. The third-order valence-electron chi connectivity index (χ3n) is 6.08. The molecule has 1 N–H and O–H groups in total.